The normalized spacial score (nSPS) is 13.2. The molecule has 259 valence electrons. The molecule has 4 aromatic carbocycles. The van der Waals surface area contributed by atoms with Gasteiger partial charge in [-0.3, -0.25) is 0 Å². The molecule has 0 aliphatic heterocycles. The third-order valence-corrected chi connectivity index (χ3v) is 6.59. The first-order valence-electron chi connectivity index (χ1n) is 13.4. The molecule has 0 amide bonds. The van der Waals surface area contributed by atoms with Gasteiger partial charge in [-0.1, -0.05) is 48.5 Å². The molecule has 0 aliphatic carbocycles. The van der Waals surface area contributed by atoms with Crippen molar-refractivity contribution in [1.29, 1.82) is 0 Å². The van der Waals surface area contributed by atoms with Crippen molar-refractivity contribution in [3.63, 3.8) is 0 Å². The van der Waals surface area contributed by atoms with Gasteiger partial charge in [0.05, 0.1) is 16.7 Å². The van der Waals surface area contributed by atoms with Gasteiger partial charge in [-0.15, -0.1) is 0 Å². The predicted molar refractivity (Wildman–Crippen MR) is 157 cm³/mol. The number of alkyl halides is 9. The molecule has 15 heteroatoms. The third kappa shape index (κ3) is 9.61. The van der Waals surface area contributed by atoms with Crippen molar-refractivity contribution in [2.75, 3.05) is 28.2 Å². The molecule has 1 unspecified atom stereocenters. The van der Waals surface area contributed by atoms with Crippen molar-refractivity contribution >= 4 is 0 Å². The van der Waals surface area contributed by atoms with Gasteiger partial charge in [-0.2, -0.15) is 67.7 Å². The molecule has 1 radical (unpaired) electrons. The van der Waals surface area contributed by atoms with Crippen molar-refractivity contribution in [2.24, 2.45) is 0 Å². The average molecular weight is 728 g/mol. The van der Waals surface area contributed by atoms with Crippen LogP contribution in [0.5, 0.6) is 0 Å². The Labute approximate surface area is 282 Å². The zero-order valence-corrected chi connectivity index (χ0v) is 27.2. The van der Waals surface area contributed by atoms with Crippen LogP contribution < -0.4 is 0 Å². The molecule has 4 nitrogen and oxygen atoms in total. The second kappa shape index (κ2) is 16.8. The summed E-state index contributed by atoms with van der Waals surface area (Å²) >= 11 is 0. The summed E-state index contributed by atoms with van der Waals surface area (Å²) in [5.74, 6) is -1.07. The predicted octanol–water partition coefficient (Wildman–Crippen LogP) is 9.29. The summed E-state index contributed by atoms with van der Waals surface area (Å²) in [7, 11) is 7.00. The van der Waals surface area contributed by atoms with Gasteiger partial charge in [-0.25, -0.2) is 4.39 Å². The molecule has 0 bridgehead atoms. The van der Waals surface area contributed by atoms with E-state index in [-0.39, 0.29) is 18.6 Å². The monoisotopic (exact) mass is 727 g/mol. The van der Waals surface area contributed by atoms with Crippen molar-refractivity contribution in [3.05, 3.63) is 152 Å². The summed E-state index contributed by atoms with van der Waals surface area (Å²) < 4.78 is 138. The maximum atomic E-state index is 14.4. The average Bonchev–Trinajstić information content (AvgIpc) is 3.00. The second-order valence-corrected chi connectivity index (χ2v) is 10.1. The van der Waals surface area contributed by atoms with Gasteiger partial charge in [0.2, 0.25) is 0 Å². The van der Waals surface area contributed by atoms with Crippen molar-refractivity contribution in [3.8, 4) is 0 Å². The molecule has 0 fully saturated rings. The van der Waals surface area contributed by atoms with Crippen LogP contribution in [0, 0.1) is 5.82 Å². The second-order valence-electron chi connectivity index (χ2n) is 10.1. The molecule has 4 aromatic rings. The zero-order valence-electron chi connectivity index (χ0n) is 25.8. The fraction of sp³-hybridized carbons (Fsp3) is 0.273. The van der Waals surface area contributed by atoms with Crippen LogP contribution in [0.15, 0.2) is 97.1 Å². The number of rotatable bonds is 5. The van der Waals surface area contributed by atoms with Crippen LogP contribution in [0.2, 0.25) is 0 Å². The Kier molecular flexibility index (Phi) is 14.9. The van der Waals surface area contributed by atoms with Crippen molar-refractivity contribution in [1.82, 2.24) is 0 Å². The van der Waals surface area contributed by atoms with E-state index in [4.69, 9.17) is 0 Å². The van der Waals surface area contributed by atoms with Crippen LogP contribution in [0.3, 0.4) is 0 Å². The van der Waals surface area contributed by atoms with Gasteiger partial charge in [0.1, 0.15) is 5.82 Å². The Morgan fingerprint density at radius 1 is 0.417 bits per heavy atom. The molecule has 0 saturated heterocycles. The minimum Gasteiger partial charge on any atom is -0.668 e. The summed E-state index contributed by atoms with van der Waals surface area (Å²) in [5.41, 5.74) is -13.9. The molecular formula is C33H30F10N2O2V. The minimum atomic E-state index is -5.03. The standard InChI is InChI=1S/C29H18F10O2.2C2H6N.V/c30-24-12-4-8-20(16-24)26(41,19-7-3-11-23(15-19)29(37,38)39)25(40,17-5-1-9-21(13-17)27(31,32)33)18-6-2-10-22(14-18)28(34,35)36;2*1-3-2;/h1-16,40-41H;2*1-2H3;/q;2*-1;+2. The third-order valence-electron chi connectivity index (χ3n) is 6.59. The van der Waals surface area contributed by atoms with Gasteiger partial charge in [0.25, 0.3) is 0 Å². The molecule has 0 aromatic heterocycles. The number of aliphatic hydroxyl groups is 2. The molecule has 0 saturated carbocycles. The smallest absolute Gasteiger partial charge is 0.668 e. The Morgan fingerprint density at radius 3 is 0.854 bits per heavy atom. The molecule has 1 atom stereocenters. The number of halogens is 10. The zero-order chi connectivity index (χ0) is 35.8. The van der Waals surface area contributed by atoms with Crippen molar-refractivity contribution in [2.45, 2.75) is 29.7 Å². The quantitative estimate of drug-likeness (QED) is 0.201. The van der Waals surface area contributed by atoms with Crippen LogP contribution in [0.1, 0.15) is 38.9 Å². The van der Waals surface area contributed by atoms with Gasteiger partial charge >= 0.3 is 37.1 Å². The fourth-order valence-electron chi connectivity index (χ4n) is 4.64. The Bertz CT molecular complexity index is 1550. The van der Waals surface area contributed by atoms with E-state index in [2.05, 4.69) is 10.6 Å². The van der Waals surface area contributed by atoms with Crippen LogP contribution >= 0.6 is 0 Å². The van der Waals surface area contributed by atoms with Gasteiger partial charge in [-0.05, 0) is 70.8 Å². The summed E-state index contributed by atoms with van der Waals surface area (Å²) in [6, 6.07) is 11.3. The first-order chi connectivity index (χ1) is 21.7. The van der Waals surface area contributed by atoms with E-state index in [9.17, 15) is 54.1 Å². The van der Waals surface area contributed by atoms with E-state index in [1.54, 1.807) is 28.2 Å². The van der Waals surface area contributed by atoms with Gasteiger partial charge in [0.15, 0.2) is 11.2 Å². The van der Waals surface area contributed by atoms with Crippen LogP contribution in [0.25, 0.3) is 10.6 Å². The van der Waals surface area contributed by atoms with E-state index >= 15 is 0 Å². The minimum absolute atomic E-state index is 0. The van der Waals surface area contributed by atoms with Crippen LogP contribution in [-0.2, 0) is 48.3 Å². The van der Waals surface area contributed by atoms with Crippen LogP contribution in [0.4, 0.5) is 43.9 Å². The van der Waals surface area contributed by atoms with E-state index < -0.39 is 74.5 Å². The molecule has 0 spiro atoms. The maximum Gasteiger partial charge on any atom is 2.00 e. The first-order valence-corrected chi connectivity index (χ1v) is 13.4. The van der Waals surface area contributed by atoms with Gasteiger partial charge in [0, 0.05) is 0 Å². The SMILES string of the molecule is C[N-]C.C[N-]C.OC(c1cccc(F)c1)(c1cccc(C(F)(F)F)c1)C(O)(c1cccc(C(F)(F)F)c1)c1cccc(C(F)(F)F)c1.[V+2]. The molecular weight excluding hydrogens is 697 g/mol. The van der Waals surface area contributed by atoms with E-state index in [1.165, 1.54) is 0 Å². The summed E-state index contributed by atoms with van der Waals surface area (Å²) in [6.07, 6.45) is -15.1. The summed E-state index contributed by atoms with van der Waals surface area (Å²) in [5, 5.41) is 31.7. The maximum absolute atomic E-state index is 14.4. The molecule has 2 N–H and O–H groups in total. The van der Waals surface area contributed by atoms with E-state index in [0.717, 1.165) is 54.6 Å². The number of hydrogen-bond donors (Lipinski definition) is 2. The Hall–Kier alpha value is -3.40. The molecule has 48 heavy (non-hydrogen) atoms. The number of hydrogen-bond acceptors (Lipinski definition) is 2. The van der Waals surface area contributed by atoms with Crippen molar-refractivity contribution < 1.29 is 72.7 Å². The van der Waals surface area contributed by atoms with E-state index in [1.807, 2.05) is 0 Å². The first kappa shape index (κ1) is 42.6. The summed E-state index contributed by atoms with van der Waals surface area (Å²) in [4.78, 5) is 0. The topological polar surface area (TPSA) is 68.7 Å². The largest absolute Gasteiger partial charge is 2.00 e. The molecule has 4 rings (SSSR count). The molecule has 0 aliphatic rings. The molecule has 0 heterocycles. The van der Waals surface area contributed by atoms with E-state index in [0.29, 0.717) is 42.5 Å². The number of nitrogens with zero attached hydrogens (tertiary/aromatic N) is 2. The fourth-order valence-corrected chi connectivity index (χ4v) is 4.64. The Morgan fingerprint density at radius 2 is 0.625 bits per heavy atom. The van der Waals surface area contributed by atoms with Crippen LogP contribution in [-0.4, -0.2) is 38.4 Å². The summed E-state index contributed by atoms with van der Waals surface area (Å²) in [6.45, 7) is 0. The number of benzene rings is 4. The van der Waals surface area contributed by atoms with Gasteiger partial charge < -0.3 is 20.8 Å². The Balaban J connectivity index is 0.00000153.